The van der Waals surface area contributed by atoms with Gasteiger partial charge in [-0.2, -0.15) is 0 Å². The Morgan fingerprint density at radius 3 is 1.91 bits per heavy atom. The fourth-order valence-corrected chi connectivity index (χ4v) is 18.0. The van der Waals surface area contributed by atoms with Gasteiger partial charge in [0.25, 0.3) is 0 Å². The Labute approximate surface area is 634 Å². The number of amides is 12. The van der Waals surface area contributed by atoms with Crippen LogP contribution < -0.4 is 16.0 Å². The Hall–Kier alpha value is -6.34. The lowest BCUT2D eigenvalue weighted by atomic mass is 9.74. The van der Waals surface area contributed by atoms with Crippen molar-refractivity contribution in [3.63, 3.8) is 0 Å². The fourth-order valence-electron chi connectivity index (χ4n) is 17.4. The first-order chi connectivity index (χ1) is 50.1. The third kappa shape index (κ3) is 20.9. The highest BCUT2D eigenvalue weighted by atomic mass is 35.5. The van der Waals surface area contributed by atoms with Gasteiger partial charge in [-0.25, -0.2) is 0 Å². The Balaban J connectivity index is 1.24. The quantitative estimate of drug-likeness (QED) is 0.142. The number of hydrogen-bond donors (Lipinski definition) is 3. The predicted molar refractivity (Wildman–Crippen MR) is 402 cm³/mol. The number of carbonyl (C=O) groups excluding carboxylic acids is 12. The Morgan fingerprint density at radius 1 is 0.581 bits per heavy atom. The van der Waals surface area contributed by atoms with E-state index in [1.54, 1.807) is 9.80 Å². The van der Waals surface area contributed by atoms with E-state index >= 15 is 43.2 Å². The summed E-state index contributed by atoms with van der Waals surface area (Å²) in [5, 5.41) is 8.59. The number of nitrogens with zero attached hydrogens (tertiary/aromatic N) is 9. The van der Waals surface area contributed by atoms with Gasteiger partial charge < -0.3 is 64.8 Å². The van der Waals surface area contributed by atoms with Crippen molar-refractivity contribution in [3.05, 3.63) is 24.3 Å². The molecule has 6 aliphatic heterocycles. The zero-order chi connectivity index (χ0) is 76.6. The molecule has 0 aromatic rings. The summed E-state index contributed by atoms with van der Waals surface area (Å²) >= 11 is 13.4. The van der Waals surface area contributed by atoms with E-state index < -0.39 is 162 Å². The van der Waals surface area contributed by atoms with Gasteiger partial charge in [0.15, 0.2) is 0 Å². The first-order valence-electron chi connectivity index (χ1n) is 39.7. The van der Waals surface area contributed by atoms with E-state index in [9.17, 15) is 14.4 Å². The van der Waals surface area contributed by atoms with Crippen molar-refractivity contribution >= 4 is 94.1 Å². The second-order valence-electron chi connectivity index (χ2n) is 31.7. The molecule has 0 aromatic heterocycles. The number of nitrogens with one attached hydrogen (secondary N) is 3. The lowest BCUT2D eigenvalue weighted by Crippen LogP contribution is -2.68. The van der Waals surface area contributed by atoms with E-state index in [1.807, 2.05) is 46.8 Å². The number of fused-ring (bicyclic) bond motifs is 8. The molecule has 3 N–H and O–H groups in total. The Bertz CT molecular complexity index is 3120. The summed E-state index contributed by atoms with van der Waals surface area (Å²) in [6, 6.07) is -9.49. The van der Waals surface area contributed by atoms with Gasteiger partial charge >= 0.3 is 0 Å². The first kappa shape index (κ1) is 84.3. The van der Waals surface area contributed by atoms with Crippen LogP contribution in [-0.2, 0) is 62.3 Å². The molecule has 12 amide bonds. The van der Waals surface area contributed by atoms with E-state index in [1.165, 1.54) is 76.6 Å². The van der Waals surface area contributed by atoms with Crippen LogP contribution in [0.15, 0.2) is 24.3 Å². The molecule has 0 aromatic carbocycles. The van der Waals surface area contributed by atoms with Gasteiger partial charge in [0.05, 0.1) is 31.0 Å². The molecule has 6 fully saturated rings. The monoisotopic (exact) mass is 1510 g/mol. The summed E-state index contributed by atoms with van der Waals surface area (Å²) in [6.07, 6.45) is 20.2. The standard InChI is InChI=1S/C78H124Cl2N12O13/c1-12-50(5)67-75(102)85(7)49-66(95)87(9)60-29-22-19-23-42-91(74(60)101)63-44-53-32-30-51(31-33-53)27-20-17-16-18-21-28-59(69(96)82-67)86(8)65(94)46-62(73(100)90-40-24-25-41-90)88(10)76(103)68(54(13-2)14-3)89(11)77(104)78(38-26-39-78)83-70(97)61-45-55(105-15-4)47-92(61)71(98)58(81-64(93)48-84(6)72(63)99)37-35-52-34-36-56(79)57(80)43-52/h19-20,22,27,50-63,67-68H,12-18,21,23-26,28-49H2,1-11H3,(H,81,93)(H,82,96)(H,83,97)/b22-19-,27-20+/t50-,51?,52?,53?,55+,56?,57?,58-,59-,60-,61-,62-,63-,67-,68-/m0/s1. The van der Waals surface area contributed by atoms with E-state index in [-0.39, 0.29) is 93.2 Å². The van der Waals surface area contributed by atoms with Gasteiger partial charge in [-0.05, 0) is 165 Å². The van der Waals surface area contributed by atoms with Crippen LogP contribution in [0.25, 0.3) is 0 Å². The highest BCUT2D eigenvalue weighted by Crippen LogP contribution is 2.39. The number of halogens is 2. The highest BCUT2D eigenvalue weighted by Gasteiger charge is 2.54. The van der Waals surface area contributed by atoms with Gasteiger partial charge in [-0.3, -0.25) is 57.5 Å². The van der Waals surface area contributed by atoms with E-state index in [0.717, 1.165) is 44.9 Å². The smallest absolute Gasteiger partial charge is 0.248 e. The maximum absolute atomic E-state index is 15.8. The molecule has 3 aliphatic carbocycles. The largest absolute Gasteiger partial charge is 0.377 e. The molecule has 27 heteroatoms. The third-order valence-corrected chi connectivity index (χ3v) is 25.8. The van der Waals surface area contributed by atoms with E-state index in [4.69, 9.17) is 27.9 Å². The van der Waals surface area contributed by atoms with Crippen molar-refractivity contribution in [3.8, 4) is 0 Å². The van der Waals surface area contributed by atoms with Crippen LogP contribution >= 0.6 is 23.2 Å². The van der Waals surface area contributed by atoms with Crippen molar-refractivity contribution in [2.45, 2.75) is 279 Å². The number of likely N-dealkylation sites (N-methyl/N-ethyl adjacent to an activating group) is 6. The molecule has 588 valence electrons. The van der Waals surface area contributed by atoms with Crippen molar-refractivity contribution < 1.29 is 62.3 Å². The van der Waals surface area contributed by atoms with Crippen LogP contribution in [0.5, 0.6) is 0 Å². The molecule has 0 radical (unpaired) electrons. The summed E-state index contributed by atoms with van der Waals surface area (Å²) in [7, 11) is 8.98. The molecule has 13 atom stereocenters. The molecule has 3 unspecified atom stereocenters. The minimum atomic E-state index is -1.52. The second kappa shape index (κ2) is 39.2. The molecular formula is C78H124Cl2N12O13. The molecular weight excluding hydrogens is 1380 g/mol. The summed E-state index contributed by atoms with van der Waals surface area (Å²) in [5.41, 5.74) is -1.52. The van der Waals surface area contributed by atoms with Gasteiger partial charge in [0.2, 0.25) is 70.9 Å². The second-order valence-corrected chi connectivity index (χ2v) is 32.8. The SMILES string of the molecule is CCO[C@@H]1C[C@H]2C(=O)NC3(CCC3)C(=O)N(C)[C@@H](C(CC)CC)C(=O)N(C)[C@H](C(=O)N3CCCC3)CC(=O)N(C)[C@H]3CCCCC/C=C/C4CCC(CC4)C[C@@H](C(=O)N(C)CC(=O)N[C@@H](CCC4CCC(Cl)C(Cl)C4)C(=O)N2C1)N1CC/C=C\C[C@@H](C1=O)N(C)C(=O)CN(C)C(=O)[C@H]([C@@H](C)CC)NC3=O. The molecule has 6 heterocycles. The summed E-state index contributed by atoms with van der Waals surface area (Å²) < 4.78 is 6.17. The number of alkyl halides is 2. The lowest BCUT2D eigenvalue weighted by Gasteiger charge is -2.47. The van der Waals surface area contributed by atoms with Gasteiger partial charge in [-0.15, -0.1) is 23.2 Å². The first-order valence-corrected chi connectivity index (χ1v) is 40.5. The number of rotatable bonds is 11. The van der Waals surface area contributed by atoms with Crippen LogP contribution in [-0.4, -0.2) is 274 Å². The van der Waals surface area contributed by atoms with Gasteiger partial charge in [-0.1, -0.05) is 84.1 Å². The maximum atomic E-state index is 15.8. The Morgan fingerprint density at radius 2 is 1.27 bits per heavy atom. The minimum absolute atomic E-state index is 0.00518. The van der Waals surface area contributed by atoms with Gasteiger partial charge in [0.1, 0.15) is 53.9 Å². The summed E-state index contributed by atoms with van der Waals surface area (Å²) in [6.45, 7) is 9.47. The van der Waals surface area contributed by atoms with E-state index in [2.05, 4.69) is 28.1 Å². The predicted octanol–water partition coefficient (Wildman–Crippen LogP) is 6.79. The minimum Gasteiger partial charge on any atom is -0.377 e. The average Bonchev–Trinajstić information content (AvgIpc) is 1.74. The highest BCUT2D eigenvalue weighted by molar-refractivity contribution is 6.30. The molecule has 3 saturated carbocycles. The Kier molecular flexibility index (Phi) is 31.4. The number of hydrogen-bond acceptors (Lipinski definition) is 13. The summed E-state index contributed by atoms with van der Waals surface area (Å²) in [5.74, 6) is -7.44. The average molecular weight is 1510 g/mol. The topological polar surface area (TPSA) is 279 Å². The van der Waals surface area contributed by atoms with Crippen molar-refractivity contribution in [1.29, 1.82) is 0 Å². The van der Waals surface area contributed by atoms with Crippen LogP contribution in [0.2, 0.25) is 0 Å². The molecule has 3 saturated heterocycles. The fraction of sp³-hybridized carbons (Fsp3) is 0.795. The number of allylic oxidation sites excluding steroid dienone is 2. The normalized spacial score (nSPS) is 32.6. The molecule has 105 heavy (non-hydrogen) atoms. The van der Waals surface area contributed by atoms with Crippen molar-refractivity contribution in [2.24, 2.45) is 29.6 Å². The molecule has 25 nitrogen and oxygen atoms in total. The van der Waals surface area contributed by atoms with Crippen LogP contribution in [0.1, 0.15) is 208 Å². The lowest BCUT2D eigenvalue weighted by molar-refractivity contribution is -0.158. The van der Waals surface area contributed by atoms with Crippen molar-refractivity contribution in [1.82, 2.24) is 60.0 Å². The van der Waals surface area contributed by atoms with Crippen LogP contribution in [0.3, 0.4) is 0 Å². The van der Waals surface area contributed by atoms with E-state index in [0.29, 0.717) is 90.1 Å². The molecule has 6 bridgehead atoms. The zero-order valence-electron chi connectivity index (χ0n) is 64.7. The van der Waals surface area contributed by atoms with Gasteiger partial charge in [0, 0.05) is 86.9 Å². The van der Waals surface area contributed by atoms with Crippen molar-refractivity contribution in [2.75, 3.05) is 88.2 Å². The molecule has 9 rings (SSSR count). The third-order valence-electron chi connectivity index (χ3n) is 24.7. The van der Waals surface area contributed by atoms with Crippen LogP contribution in [0, 0.1) is 29.6 Å². The van der Waals surface area contributed by atoms with Crippen LogP contribution in [0.4, 0.5) is 0 Å². The maximum Gasteiger partial charge on any atom is 0.248 e. The molecule has 9 aliphatic rings. The molecule has 1 spiro atoms. The number of carbonyl (C=O) groups is 12. The number of ether oxygens (including phenoxy) is 1. The summed E-state index contributed by atoms with van der Waals surface area (Å²) in [4.78, 5) is 196. The number of likely N-dealkylation sites (tertiary alicyclic amines) is 1. The zero-order valence-corrected chi connectivity index (χ0v) is 66.2.